The lowest BCUT2D eigenvalue weighted by atomic mass is 10.1. The van der Waals surface area contributed by atoms with Gasteiger partial charge >= 0.3 is 5.97 Å². The fraction of sp³-hybridized carbons (Fsp3) is 0.211. The number of ether oxygens (including phenoxy) is 4. The van der Waals surface area contributed by atoms with Crippen LogP contribution in [-0.4, -0.2) is 37.5 Å². The van der Waals surface area contributed by atoms with Crippen molar-refractivity contribution in [1.82, 2.24) is 10.2 Å². The van der Waals surface area contributed by atoms with Crippen LogP contribution in [0.15, 0.2) is 40.8 Å². The zero-order chi connectivity index (χ0) is 20.1. The summed E-state index contributed by atoms with van der Waals surface area (Å²) in [6.07, 6.45) is 0. The summed E-state index contributed by atoms with van der Waals surface area (Å²) in [5, 5.41) is 8.42. The van der Waals surface area contributed by atoms with Crippen molar-refractivity contribution >= 4 is 17.6 Å². The predicted octanol–water partition coefficient (Wildman–Crippen LogP) is 3.77. The summed E-state index contributed by atoms with van der Waals surface area (Å²) < 4.78 is 26.4. The first-order valence-corrected chi connectivity index (χ1v) is 8.49. The van der Waals surface area contributed by atoms with Gasteiger partial charge in [0.1, 0.15) is 11.3 Å². The van der Waals surface area contributed by atoms with E-state index in [1.165, 1.54) is 27.4 Å². The normalized spacial score (nSPS) is 10.4. The van der Waals surface area contributed by atoms with Gasteiger partial charge in [-0.15, -0.1) is 10.2 Å². The van der Waals surface area contributed by atoms with Crippen molar-refractivity contribution in [1.29, 1.82) is 0 Å². The van der Waals surface area contributed by atoms with E-state index >= 15 is 0 Å². The highest BCUT2D eigenvalue weighted by Gasteiger charge is 2.20. The van der Waals surface area contributed by atoms with Gasteiger partial charge in [-0.1, -0.05) is 11.6 Å². The Morgan fingerprint density at radius 2 is 1.61 bits per heavy atom. The van der Waals surface area contributed by atoms with E-state index in [-0.39, 0.29) is 23.8 Å². The monoisotopic (exact) mass is 404 g/mol. The van der Waals surface area contributed by atoms with Crippen molar-refractivity contribution in [2.75, 3.05) is 21.3 Å². The molecule has 1 heterocycles. The molecule has 0 spiro atoms. The Kier molecular flexibility index (Phi) is 6.00. The molecule has 146 valence electrons. The minimum atomic E-state index is -0.635. The Bertz CT molecular complexity index is 971. The molecule has 3 rings (SSSR count). The second kappa shape index (κ2) is 8.62. The average molecular weight is 405 g/mol. The van der Waals surface area contributed by atoms with Crippen LogP contribution < -0.4 is 14.2 Å². The molecule has 28 heavy (non-hydrogen) atoms. The number of benzene rings is 2. The molecular formula is C19H17ClN2O6. The number of carbonyl (C=O) groups is 1. The number of carbonyl (C=O) groups excluding carboxylic acids is 1. The van der Waals surface area contributed by atoms with E-state index in [1.54, 1.807) is 30.3 Å². The molecule has 0 aliphatic rings. The van der Waals surface area contributed by atoms with Crippen molar-refractivity contribution in [3.8, 4) is 28.7 Å². The van der Waals surface area contributed by atoms with Crippen LogP contribution in [0.1, 0.15) is 16.2 Å². The van der Waals surface area contributed by atoms with Gasteiger partial charge in [0.05, 0.1) is 21.3 Å². The van der Waals surface area contributed by atoms with Crippen LogP contribution in [0.2, 0.25) is 5.02 Å². The zero-order valence-electron chi connectivity index (χ0n) is 15.4. The summed E-state index contributed by atoms with van der Waals surface area (Å²) in [7, 11) is 4.40. The first kappa shape index (κ1) is 19.5. The lowest BCUT2D eigenvalue weighted by molar-refractivity contribution is 0.0434. The van der Waals surface area contributed by atoms with Gasteiger partial charge in [0.25, 0.3) is 5.89 Å². The fourth-order valence-corrected chi connectivity index (χ4v) is 2.54. The Morgan fingerprint density at radius 1 is 0.964 bits per heavy atom. The topological polar surface area (TPSA) is 92.9 Å². The molecule has 0 N–H and O–H groups in total. The first-order valence-electron chi connectivity index (χ1n) is 8.11. The largest absolute Gasteiger partial charge is 0.496 e. The molecule has 0 amide bonds. The van der Waals surface area contributed by atoms with Gasteiger partial charge in [-0.2, -0.15) is 0 Å². The van der Waals surface area contributed by atoms with E-state index in [4.69, 9.17) is 35.0 Å². The maximum absolute atomic E-state index is 12.5. The molecule has 0 fully saturated rings. The van der Waals surface area contributed by atoms with Crippen LogP contribution in [0.25, 0.3) is 11.5 Å². The molecule has 2 aromatic carbocycles. The van der Waals surface area contributed by atoms with E-state index in [1.807, 2.05) is 0 Å². The summed E-state index contributed by atoms with van der Waals surface area (Å²) in [4.78, 5) is 12.5. The first-order chi connectivity index (χ1) is 13.5. The number of halogens is 1. The number of rotatable bonds is 7. The summed E-state index contributed by atoms with van der Waals surface area (Å²) in [5.41, 5.74) is 0.883. The molecule has 0 aliphatic carbocycles. The summed E-state index contributed by atoms with van der Waals surface area (Å²) in [6, 6.07) is 9.95. The number of methoxy groups -OCH3 is 3. The lowest BCUT2D eigenvalue weighted by Crippen LogP contribution is -2.08. The standard InChI is InChI=1S/C19H17ClN2O6/c1-24-14-9-16(26-3)15(25-2)8-13(14)19(23)27-10-17-21-22-18(28-17)11-4-6-12(20)7-5-11/h4-9H,10H2,1-3H3. The fourth-order valence-electron chi connectivity index (χ4n) is 2.41. The second-order valence-electron chi connectivity index (χ2n) is 5.49. The highest BCUT2D eigenvalue weighted by molar-refractivity contribution is 6.30. The summed E-state index contributed by atoms with van der Waals surface area (Å²) in [5.74, 6) is 0.904. The van der Waals surface area contributed by atoms with Gasteiger partial charge in [0.15, 0.2) is 18.1 Å². The van der Waals surface area contributed by atoms with Gasteiger partial charge in [-0.3, -0.25) is 0 Å². The van der Waals surface area contributed by atoms with Crippen molar-refractivity contribution in [2.45, 2.75) is 6.61 Å². The minimum absolute atomic E-state index is 0.151. The van der Waals surface area contributed by atoms with Crippen LogP contribution in [-0.2, 0) is 11.3 Å². The highest BCUT2D eigenvalue weighted by atomic mass is 35.5. The van der Waals surface area contributed by atoms with E-state index in [0.29, 0.717) is 28.0 Å². The minimum Gasteiger partial charge on any atom is -0.496 e. The van der Waals surface area contributed by atoms with Crippen LogP contribution in [0, 0.1) is 0 Å². The van der Waals surface area contributed by atoms with Crippen molar-refractivity contribution in [3.63, 3.8) is 0 Å². The second-order valence-corrected chi connectivity index (χ2v) is 5.93. The number of hydrogen-bond acceptors (Lipinski definition) is 8. The van der Waals surface area contributed by atoms with E-state index in [9.17, 15) is 4.79 Å². The van der Waals surface area contributed by atoms with Gasteiger partial charge in [0.2, 0.25) is 5.89 Å². The molecule has 0 bridgehead atoms. The third-order valence-electron chi connectivity index (χ3n) is 3.81. The van der Waals surface area contributed by atoms with Crippen LogP contribution >= 0.6 is 11.6 Å². The van der Waals surface area contributed by atoms with Gasteiger partial charge in [-0.05, 0) is 24.3 Å². The average Bonchev–Trinajstić information content (AvgIpc) is 3.20. The molecule has 9 heteroatoms. The van der Waals surface area contributed by atoms with Crippen molar-refractivity contribution in [3.05, 3.63) is 52.9 Å². The molecule has 3 aromatic rings. The molecule has 0 radical (unpaired) electrons. The quantitative estimate of drug-likeness (QED) is 0.549. The molecular weight excluding hydrogens is 388 g/mol. The number of esters is 1. The molecule has 8 nitrogen and oxygen atoms in total. The zero-order valence-corrected chi connectivity index (χ0v) is 16.1. The highest BCUT2D eigenvalue weighted by Crippen LogP contribution is 2.35. The van der Waals surface area contributed by atoms with E-state index in [2.05, 4.69) is 10.2 Å². The van der Waals surface area contributed by atoms with Crippen molar-refractivity contribution < 1.29 is 28.2 Å². The lowest BCUT2D eigenvalue weighted by Gasteiger charge is -2.13. The van der Waals surface area contributed by atoms with Gasteiger partial charge < -0.3 is 23.4 Å². The van der Waals surface area contributed by atoms with Crippen molar-refractivity contribution in [2.24, 2.45) is 0 Å². The van der Waals surface area contributed by atoms with Gasteiger partial charge in [0, 0.05) is 22.7 Å². The number of hydrogen-bond donors (Lipinski definition) is 0. The molecule has 0 saturated heterocycles. The van der Waals surface area contributed by atoms with E-state index < -0.39 is 5.97 Å². The van der Waals surface area contributed by atoms with Crippen LogP contribution in [0.4, 0.5) is 0 Å². The van der Waals surface area contributed by atoms with Crippen LogP contribution in [0.3, 0.4) is 0 Å². The molecule has 1 aromatic heterocycles. The Labute approximate surface area is 165 Å². The molecule has 0 unspecified atom stereocenters. The van der Waals surface area contributed by atoms with Crippen LogP contribution in [0.5, 0.6) is 17.2 Å². The molecule has 0 aliphatic heterocycles. The maximum Gasteiger partial charge on any atom is 0.342 e. The smallest absolute Gasteiger partial charge is 0.342 e. The third kappa shape index (κ3) is 4.17. The third-order valence-corrected chi connectivity index (χ3v) is 4.06. The molecule has 0 saturated carbocycles. The van der Waals surface area contributed by atoms with Gasteiger partial charge in [-0.25, -0.2) is 4.79 Å². The summed E-state index contributed by atoms with van der Waals surface area (Å²) in [6.45, 7) is -0.197. The Hall–Kier alpha value is -3.26. The Morgan fingerprint density at radius 3 is 2.25 bits per heavy atom. The Balaban J connectivity index is 1.73. The SMILES string of the molecule is COc1cc(OC)c(C(=O)OCc2nnc(-c3ccc(Cl)cc3)o2)cc1OC. The predicted molar refractivity (Wildman–Crippen MR) is 100.0 cm³/mol. The summed E-state index contributed by atoms with van der Waals surface area (Å²) >= 11 is 5.86. The number of aromatic nitrogens is 2. The molecule has 0 atom stereocenters. The maximum atomic E-state index is 12.5. The van der Waals surface area contributed by atoms with E-state index in [0.717, 1.165) is 0 Å². The number of nitrogens with zero attached hydrogens (tertiary/aromatic N) is 2.